The van der Waals surface area contributed by atoms with Gasteiger partial charge in [0.25, 0.3) is 0 Å². The Labute approximate surface area is 144 Å². The van der Waals surface area contributed by atoms with Crippen LogP contribution in [0.4, 0.5) is 0 Å². The van der Waals surface area contributed by atoms with Gasteiger partial charge in [0.1, 0.15) is 15.0 Å². The van der Waals surface area contributed by atoms with Crippen LogP contribution in [0.25, 0.3) is 11.1 Å². The minimum absolute atomic E-state index is 0.174. The van der Waals surface area contributed by atoms with Crippen LogP contribution in [-0.4, -0.2) is 20.5 Å². The van der Waals surface area contributed by atoms with Gasteiger partial charge in [0.05, 0.1) is 18.2 Å². The van der Waals surface area contributed by atoms with E-state index in [2.05, 4.69) is 4.98 Å². The van der Waals surface area contributed by atoms with Crippen LogP contribution in [0.1, 0.15) is 5.01 Å². The van der Waals surface area contributed by atoms with E-state index in [-0.39, 0.29) is 15.6 Å². The van der Waals surface area contributed by atoms with Crippen LogP contribution < -0.4 is 10.5 Å². The van der Waals surface area contributed by atoms with Crippen LogP contribution in [0.2, 0.25) is 0 Å². The second-order valence-electron chi connectivity index (χ2n) is 5.04. The first-order valence-electron chi connectivity index (χ1n) is 7.19. The second kappa shape index (κ2) is 6.72. The van der Waals surface area contributed by atoms with Crippen molar-refractivity contribution in [3.05, 3.63) is 59.7 Å². The van der Waals surface area contributed by atoms with Crippen molar-refractivity contribution >= 4 is 21.2 Å². The maximum Gasteiger partial charge on any atom is 0.217 e. The summed E-state index contributed by atoms with van der Waals surface area (Å²) in [6, 6.07) is 14.5. The number of hydrogen-bond donors (Lipinski definition) is 1. The fourth-order valence-electron chi connectivity index (χ4n) is 2.27. The summed E-state index contributed by atoms with van der Waals surface area (Å²) in [4.78, 5) is 4.21. The summed E-state index contributed by atoms with van der Waals surface area (Å²) in [6.07, 6.45) is 1.35. The average molecular weight is 360 g/mol. The molecule has 2 N–H and O–H groups in total. The standard InChI is InChI=1S/C17H16N2O3S2/c1-22-14-7-13(12-5-3-2-4-6-12)8-15(9-14)24(20,21)17-11-19-16(10-18)23-17/h2-9,11H,10,18H2,1H3. The summed E-state index contributed by atoms with van der Waals surface area (Å²) in [7, 11) is -2.16. The highest BCUT2D eigenvalue weighted by Gasteiger charge is 2.22. The minimum atomic E-state index is -3.67. The first-order valence-corrected chi connectivity index (χ1v) is 9.49. The zero-order valence-corrected chi connectivity index (χ0v) is 14.6. The maximum absolute atomic E-state index is 12.9. The maximum atomic E-state index is 12.9. The zero-order chi connectivity index (χ0) is 17.2. The number of rotatable bonds is 5. The Morgan fingerprint density at radius 3 is 2.50 bits per heavy atom. The van der Waals surface area contributed by atoms with Crippen LogP contribution in [0, 0.1) is 0 Å². The molecule has 0 amide bonds. The van der Waals surface area contributed by atoms with Gasteiger partial charge in [-0.25, -0.2) is 13.4 Å². The summed E-state index contributed by atoms with van der Waals surface area (Å²) in [5, 5.41) is 0.583. The number of thiazole rings is 1. The fourth-order valence-corrected chi connectivity index (χ4v) is 4.79. The molecule has 0 aliphatic rings. The van der Waals surface area contributed by atoms with Gasteiger partial charge >= 0.3 is 0 Å². The molecule has 5 nitrogen and oxygen atoms in total. The molecular weight excluding hydrogens is 344 g/mol. The van der Waals surface area contributed by atoms with Gasteiger partial charge in [-0.05, 0) is 29.3 Å². The van der Waals surface area contributed by atoms with Crippen molar-refractivity contribution in [2.45, 2.75) is 15.6 Å². The topological polar surface area (TPSA) is 82.3 Å². The molecule has 2 aromatic carbocycles. The normalized spacial score (nSPS) is 11.4. The summed E-state index contributed by atoms with van der Waals surface area (Å²) >= 11 is 1.08. The lowest BCUT2D eigenvalue weighted by molar-refractivity contribution is 0.413. The van der Waals surface area contributed by atoms with E-state index in [0.29, 0.717) is 10.8 Å². The molecule has 0 aliphatic heterocycles. The van der Waals surface area contributed by atoms with E-state index in [9.17, 15) is 8.42 Å². The van der Waals surface area contributed by atoms with Crippen LogP contribution in [0.3, 0.4) is 0 Å². The molecule has 0 fully saturated rings. The Balaban J connectivity index is 2.13. The third-order valence-electron chi connectivity index (χ3n) is 3.51. The van der Waals surface area contributed by atoms with Gasteiger partial charge in [-0.1, -0.05) is 30.3 Å². The van der Waals surface area contributed by atoms with E-state index in [0.717, 1.165) is 22.5 Å². The van der Waals surface area contributed by atoms with Crippen molar-refractivity contribution in [3.8, 4) is 16.9 Å². The van der Waals surface area contributed by atoms with Crippen LogP contribution >= 0.6 is 11.3 Å². The van der Waals surface area contributed by atoms with Crippen molar-refractivity contribution < 1.29 is 13.2 Å². The molecule has 124 valence electrons. The molecule has 3 rings (SSSR count). The van der Waals surface area contributed by atoms with Crippen LogP contribution in [-0.2, 0) is 16.4 Å². The molecule has 0 saturated carbocycles. The largest absolute Gasteiger partial charge is 0.497 e. The third-order valence-corrected chi connectivity index (χ3v) is 6.72. The first-order chi connectivity index (χ1) is 11.5. The molecule has 0 saturated heterocycles. The van der Waals surface area contributed by atoms with Gasteiger partial charge in [0.15, 0.2) is 0 Å². The lowest BCUT2D eigenvalue weighted by atomic mass is 10.1. The van der Waals surface area contributed by atoms with Crippen LogP contribution in [0.15, 0.2) is 63.8 Å². The first kappa shape index (κ1) is 16.6. The lowest BCUT2D eigenvalue weighted by Gasteiger charge is -2.09. The van der Waals surface area contributed by atoms with Gasteiger partial charge in [0.2, 0.25) is 9.84 Å². The number of nitrogens with two attached hydrogens (primary N) is 1. The molecule has 7 heteroatoms. The highest BCUT2D eigenvalue weighted by Crippen LogP contribution is 2.32. The molecule has 0 aliphatic carbocycles. The highest BCUT2D eigenvalue weighted by atomic mass is 32.2. The van der Waals surface area contributed by atoms with Crippen molar-refractivity contribution in [2.24, 2.45) is 5.73 Å². The number of ether oxygens (including phenoxy) is 1. The Bertz CT molecular complexity index is 951. The lowest BCUT2D eigenvalue weighted by Crippen LogP contribution is -2.01. The summed E-state index contributed by atoms with van der Waals surface area (Å²) in [6.45, 7) is 0.216. The minimum Gasteiger partial charge on any atom is -0.497 e. The van der Waals surface area contributed by atoms with E-state index in [1.165, 1.54) is 19.4 Å². The molecular formula is C17H16N2O3S2. The van der Waals surface area contributed by atoms with Crippen molar-refractivity contribution in [3.63, 3.8) is 0 Å². The predicted octanol–water partition coefficient (Wildman–Crippen LogP) is 3.11. The van der Waals surface area contributed by atoms with Gasteiger partial charge in [-0.2, -0.15) is 0 Å². The summed E-state index contributed by atoms with van der Waals surface area (Å²) in [5.74, 6) is 0.485. The average Bonchev–Trinajstić information content (AvgIpc) is 3.12. The fraction of sp³-hybridized carbons (Fsp3) is 0.118. The molecule has 0 spiro atoms. The van der Waals surface area contributed by atoms with Crippen molar-refractivity contribution in [1.82, 2.24) is 4.98 Å². The molecule has 0 unspecified atom stereocenters. The summed E-state index contributed by atoms with van der Waals surface area (Å²) in [5.41, 5.74) is 7.22. The Kier molecular flexibility index (Phi) is 4.66. The monoisotopic (exact) mass is 360 g/mol. The molecule has 1 heterocycles. The second-order valence-corrected chi connectivity index (χ2v) is 8.34. The van der Waals surface area contributed by atoms with Crippen molar-refractivity contribution in [1.29, 1.82) is 0 Å². The van der Waals surface area contributed by atoms with E-state index >= 15 is 0 Å². The molecule has 1 aromatic heterocycles. The zero-order valence-electron chi connectivity index (χ0n) is 13.0. The number of nitrogens with zero attached hydrogens (tertiary/aromatic N) is 1. The molecule has 3 aromatic rings. The number of hydrogen-bond acceptors (Lipinski definition) is 6. The van der Waals surface area contributed by atoms with Gasteiger partial charge < -0.3 is 10.5 Å². The van der Waals surface area contributed by atoms with E-state index in [1.807, 2.05) is 36.4 Å². The quantitative estimate of drug-likeness (QED) is 0.756. The predicted molar refractivity (Wildman–Crippen MR) is 93.9 cm³/mol. The van der Waals surface area contributed by atoms with Gasteiger partial charge in [0, 0.05) is 6.54 Å². The molecule has 0 atom stereocenters. The molecule has 0 radical (unpaired) electrons. The van der Waals surface area contributed by atoms with E-state index in [4.69, 9.17) is 10.5 Å². The Morgan fingerprint density at radius 2 is 1.88 bits per heavy atom. The number of aromatic nitrogens is 1. The van der Waals surface area contributed by atoms with Gasteiger partial charge in [-0.3, -0.25) is 0 Å². The highest BCUT2D eigenvalue weighted by molar-refractivity contribution is 7.93. The van der Waals surface area contributed by atoms with E-state index in [1.54, 1.807) is 6.07 Å². The van der Waals surface area contributed by atoms with Crippen molar-refractivity contribution in [2.75, 3.05) is 7.11 Å². The SMILES string of the molecule is COc1cc(-c2ccccc2)cc(S(=O)(=O)c2cnc(CN)s2)c1. The molecule has 0 bridgehead atoms. The van der Waals surface area contributed by atoms with Gasteiger partial charge in [-0.15, -0.1) is 11.3 Å². The number of benzene rings is 2. The molecule has 24 heavy (non-hydrogen) atoms. The van der Waals surface area contributed by atoms with E-state index < -0.39 is 9.84 Å². The third kappa shape index (κ3) is 3.19. The Morgan fingerprint density at radius 1 is 1.12 bits per heavy atom. The Hall–Kier alpha value is -2.22. The number of methoxy groups -OCH3 is 1. The number of sulfone groups is 1. The van der Waals surface area contributed by atoms with Crippen LogP contribution in [0.5, 0.6) is 5.75 Å². The smallest absolute Gasteiger partial charge is 0.217 e. The summed E-state index contributed by atoms with van der Waals surface area (Å²) < 4.78 is 31.2.